The van der Waals surface area contributed by atoms with Gasteiger partial charge in [-0.25, -0.2) is 4.79 Å². The van der Waals surface area contributed by atoms with Crippen molar-refractivity contribution in [2.24, 2.45) is 5.92 Å². The highest BCUT2D eigenvalue weighted by molar-refractivity contribution is 5.92. The average Bonchev–Trinajstić information content (AvgIpc) is 3.23. The fraction of sp³-hybridized carbons (Fsp3) is 0.500. The number of nitrogens with one attached hydrogen (secondary N) is 2. The van der Waals surface area contributed by atoms with Crippen molar-refractivity contribution in [3.8, 4) is 0 Å². The zero-order valence-corrected chi connectivity index (χ0v) is 10.8. The number of amides is 1. The van der Waals surface area contributed by atoms with Crippen LogP contribution in [0.5, 0.6) is 0 Å². The molecule has 1 heterocycles. The number of carbonyl (C=O) groups excluding carboxylic acids is 1. The van der Waals surface area contributed by atoms with Crippen LogP contribution in [0, 0.1) is 5.92 Å². The van der Waals surface area contributed by atoms with Crippen LogP contribution >= 0.6 is 0 Å². The quantitative estimate of drug-likeness (QED) is 0.715. The maximum absolute atomic E-state index is 11.4. The molecule has 0 bridgehead atoms. The van der Waals surface area contributed by atoms with Gasteiger partial charge in [-0.1, -0.05) is 0 Å². The molecule has 0 saturated heterocycles. The van der Waals surface area contributed by atoms with Crippen molar-refractivity contribution < 1.29 is 14.7 Å². The lowest BCUT2D eigenvalue weighted by Gasteiger charge is -2.26. The summed E-state index contributed by atoms with van der Waals surface area (Å²) >= 11 is 0. The molecule has 0 aliphatic heterocycles. The van der Waals surface area contributed by atoms with Crippen molar-refractivity contribution in [3.05, 3.63) is 17.8 Å². The first kappa shape index (κ1) is 13.3. The van der Waals surface area contributed by atoms with Gasteiger partial charge in [0.15, 0.2) is 5.69 Å². The van der Waals surface area contributed by atoms with Gasteiger partial charge in [0.05, 0.1) is 0 Å². The van der Waals surface area contributed by atoms with Crippen LogP contribution in [0.4, 0.5) is 5.82 Å². The Kier molecular flexibility index (Phi) is 3.37. The molecular weight excluding hydrogens is 248 g/mol. The van der Waals surface area contributed by atoms with E-state index in [-0.39, 0.29) is 17.5 Å². The van der Waals surface area contributed by atoms with Crippen molar-refractivity contribution in [1.82, 2.24) is 15.5 Å². The fourth-order valence-corrected chi connectivity index (χ4v) is 1.90. The lowest BCUT2D eigenvalue weighted by Crippen LogP contribution is -2.45. The normalized spacial score (nSPS) is 17.4. The Labute approximate surface area is 110 Å². The maximum atomic E-state index is 11.4. The minimum Gasteiger partial charge on any atom is -0.480 e. The van der Waals surface area contributed by atoms with E-state index in [4.69, 9.17) is 0 Å². The molecule has 1 aliphatic carbocycles. The molecule has 19 heavy (non-hydrogen) atoms. The van der Waals surface area contributed by atoms with Gasteiger partial charge in [0.2, 0.25) is 0 Å². The highest BCUT2D eigenvalue weighted by Crippen LogP contribution is 2.41. The fourth-order valence-electron chi connectivity index (χ4n) is 1.90. The number of aromatic nitrogens is 2. The molecule has 1 fully saturated rings. The number of anilines is 1. The SMILES string of the molecule is CNC(=O)c1ccc(NC(C)(C(=O)O)C2CC2)nn1. The number of nitrogens with zero attached hydrogens (tertiary/aromatic N) is 2. The summed E-state index contributed by atoms with van der Waals surface area (Å²) in [6, 6.07) is 3.06. The third kappa shape index (κ3) is 2.64. The molecule has 1 unspecified atom stereocenters. The number of rotatable bonds is 5. The molecule has 1 atom stereocenters. The van der Waals surface area contributed by atoms with Crippen molar-refractivity contribution in [1.29, 1.82) is 0 Å². The van der Waals surface area contributed by atoms with Crippen LogP contribution in [0.3, 0.4) is 0 Å². The number of carbonyl (C=O) groups is 2. The zero-order valence-electron chi connectivity index (χ0n) is 10.8. The van der Waals surface area contributed by atoms with Gasteiger partial charge in [-0.15, -0.1) is 10.2 Å². The largest absolute Gasteiger partial charge is 0.480 e. The lowest BCUT2D eigenvalue weighted by atomic mass is 9.96. The van der Waals surface area contributed by atoms with E-state index in [1.807, 2.05) is 0 Å². The van der Waals surface area contributed by atoms with Gasteiger partial charge in [-0.3, -0.25) is 4.79 Å². The summed E-state index contributed by atoms with van der Waals surface area (Å²) in [7, 11) is 1.50. The molecule has 3 N–H and O–H groups in total. The Bertz CT molecular complexity index is 498. The third-order valence-corrected chi connectivity index (χ3v) is 3.35. The Morgan fingerprint density at radius 3 is 2.47 bits per heavy atom. The summed E-state index contributed by atoms with van der Waals surface area (Å²) in [5, 5.41) is 22.2. The molecule has 1 amide bonds. The van der Waals surface area contributed by atoms with Crippen molar-refractivity contribution in [2.75, 3.05) is 12.4 Å². The Morgan fingerprint density at radius 2 is 2.05 bits per heavy atom. The first-order valence-electron chi connectivity index (χ1n) is 6.04. The monoisotopic (exact) mass is 264 g/mol. The van der Waals surface area contributed by atoms with E-state index in [1.54, 1.807) is 13.0 Å². The summed E-state index contributed by atoms with van der Waals surface area (Å²) in [6.45, 7) is 1.64. The summed E-state index contributed by atoms with van der Waals surface area (Å²) in [4.78, 5) is 22.7. The maximum Gasteiger partial charge on any atom is 0.329 e. The lowest BCUT2D eigenvalue weighted by molar-refractivity contribution is -0.142. The minimum atomic E-state index is -1.04. The summed E-state index contributed by atoms with van der Waals surface area (Å²) in [5.41, 5.74) is -0.847. The molecule has 0 radical (unpaired) electrons. The van der Waals surface area contributed by atoms with Crippen LogP contribution in [0.2, 0.25) is 0 Å². The van der Waals surface area contributed by atoms with E-state index < -0.39 is 11.5 Å². The number of carboxylic acids is 1. The highest BCUT2D eigenvalue weighted by Gasteiger charge is 2.47. The van der Waals surface area contributed by atoms with Crippen molar-refractivity contribution in [2.45, 2.75) is 25.3 Å². The van der Waals surface area contributed by atoms with E-state index in [1.165, 1.54) is 13.1 Å². The molecule has 0 spiro atoms. The van der Waals surface area contributed by atoms with Crippen LogP contribution in [-0.2, 0) is 4.79 Å². The number of hydrogen-bond donors (Lipinski definition) is 3. The van der Waals surface area contributed by atoms with Gasteiger partial charge in [0.25, 0.3) is 5.91 Å². The van der Waals surface area contributed by atoms with Gasteiger partial charge in [-0.05, 0) is 37.8 Å². The third-order valence-electron chi connectivity index (χ3n) is 3.35. The van der Waals surface area contributed by atoms with Gasteiger partial charge in [-0.2, -0.15) is 0 Å². The number of hydrogen-bond acceptors (Lipinski definition) is 5. The molecule has 2 rings (SSSR count). The smallest absolute Gasteiger partial charge is 0.329 e. The second kappa shape index (κ2) is 4.83. The van der Waals surface area contributed by atoms with E-state index >= 15 is 0 Å². The molecule has 7 nitrogen and oxygen atoms in total. The van der Waals surface area contributed by atoms with E-state index in [0.29, 0.717) is 5.82 Å². The van der Waals surface area contributed by atoms with Gasteiger partial charge >= 0.3 is 5.97 Å². The van der Waals surface area contributed by atoms with Crippen LogP contribution in [-0.4, -0.2) is 39.8 Å². The van der Waals surface area contributed by atoms with E-state index in [2.05, 4.69) is 20.8 Å². The van der Waals surface area contributed by atoms with Crippen molar-refractivity contribution >= 4 is 17.7 Å². The minimum absolute atomic E-state index is 0.102. The van der Waals surface area contributed by atoms with Crippen LogP contribution in [0.1, 0.15) is 30.3 Å². The summed E-state index contributed by atoms with van der Waals surface area (Å²) < 4.78 is 0. The van der Waals surface area contributed by atoms with Crippen LogP contribution in [0.25, 0.3) is 0 Å². The second-order valence-corrected chi connectivity index (χ2v) is 4.79. The molecule has 7 heteroatoms. The predicted octanol–water partition coefficient (Wildman–Crippen LogP) is 0.501. The van der Waals surface area contributed by atoms with Crippen LogP contribution in [0.15, 0.2) is 12.1 Å². The van der Waals surface area contributed by atoms with Gasteiger partial charge < -0.3 is 15.7 Å². The average molecular weight is 264 g/mol. The standard InChI is InChI=1S/C12H16N4O3/c1-12(11(18)19,7-3-4-7)14-9-6-5-8(15-16-9)10(17)13-2/h5-7H,3-4H2,1-2H3,(H,13,17)(H,14,16)(H,18,19). The molecule has 1 aliphatic rings. The summed E-state index contributed by atoms with van der Waals surface area (Å²) in [6.07, 6.45) is 1.78. The van der Waals surface area contributed by atoms with E-state index in [9.17, 15) is 14.7 Å². The molecule has 1 aromatic rings. The second-order valence-electron chi connectivity index (χ2n) is 4.79. The molecule has 0 aromatic carbocycles. The Hall–Kier alpha value is -2.18. The van der Waals surface area contributed by atoms with Crippen LogP contribution < -0.4 is 10.6 Å². The molecule has 1 saturated carbocycles. The number of carboxylic acid groups (broad SMARTS) is 1. The number of aliphatic carboxylic acids is 1. The first-order chi connectivity index (χ1) is 8.97. The Morgan fingerprint density at radius 1 is 1.37 bits per heavy atom. The molecule has 1 aromatic heterocycles. The first-order valence-corrected chi connectivity index (χ1v) is 6.04. The van der Waals surface area contributed by atoms with Crippen molar-refractivity contribution in [3.63, 3.8) is 0 Å². The molecule has 102 valence electrons. The Balaban J connectivity index is 2.14. The predicted molar refractivity (Wildman–Crippen MR) is 67.8 cm³/mol. The van der Waals surface area contributed by atoms with Gasteiger partial charge in [0, 0.05) is 7.05 Å². The summed E-state index contributed by atoms with van der Waals surface area (Å²) in [5.74, 6) is -0.788. The molecular formula is C12H16N4O3. The zero-order chi connectivity index (χ0) is 14.0. The van der Waals surface area contributed by atoms with E-state index in [0.717, 1.165) is 12.8 Å². The highest BCUT2D eigenvalue weighted by atomic mass is 16.4. The topological polar surface area (TPSA) is 104 Å². The van der Waals surface area contributed by atoms with Gasteiger partial charge in [0.1, 0.15) is 11.4 Å².